The van der Waals surface area contributed by atoms with Crippen molar-refractivity contribution in [2.45, 2.75) is 32.7 Å². The minimum absolute atomic E-state index is 0.0163. The van der Waals surface area contributed by atoms with E-state index in [1.54, 1.807) is 4.90 Å². The van der Waals surface area contributed by atoms with Crippen molar-refractivity contribution in [3.63, 3.8) is 0 Å². The Labute approximate surface area is 121 Å². The second kappa shape index (κ2) is 5.75. The molecule has 1 saturated heterocycles. The van der Waals surface area contributed by atoms with Crippen molar-refractivity contribution in [2.24, 2.45) is 5.92 Å². The predicted octanol–water partition coefficient (Wildman–Crippen LogP) is 2.90. The molecule has 1 amide bonds. The molecule has 0 N–H and O–H groups in total. The van der Waals surface area contributed by atoms with Gasteiger partial charge in [0.1, 0.15) is 5.56 Å². The minimum Gasteiger partial charge on any atom is -0.335 e. The maximum Gasteiger partial charge on any atom is 0.319 e. The average molecular weight is 298 g/mol. The highest BCUT2D eigenvalue weighted by Crippen LogP contribution is 2.31. The fourth-order valence-corrected chi connectivity index (χ4v) is 2.89. The van der Waals surface area contributed by atoms with E-state index in [1.165, 1.54) is 12.3 Å². The quantitative estimate of drug-likeness (QED) is 0.488. The molecule has 1 aromatic heterocycles. The standard InChI is InChI=1S/C13H16ClN3O3/c1-8(2)10-4-3-7-16(10)13(18)9-5-6-15-12(14)11(9)17(19)20/h5-6,8,10H,3-4,7H2,1-2H3. The lowest BCUT2D eigenvalue weighted by molar-refractivity contribution is -0.385. The molecule has 1 atom stereocenters. The van der Waals surface area contributed by atoms with Crippen molar-refractivity contribution < 1.29 is 9.72 Å². The number of aromatic nitrogens is 1. The van der Waals surface area contributed by atoms with E-state index in [0.29, 0.717) is 12.5 Å². The smallest absolute Gasteiger partial charge is 0.319 e. The molecule has 0 spiro atoms. The molecule has 2 heterocycles. The van der Waals surface area contributed by atoms with E-state index < -0.39 is 10.6 Å². The molecule has 1 fully saturated rings. The number of carbonyl (C=O) groups is 1. The van der Waals surface area contributed by atoms with Gasteiger partial charge in [-0.15, -0.1) is 0 Å². The lowest BCUT2D eigenvalue weighted by Gasteiger charge is -2.27. The summed E-state index contributed by atoms with van der Waals surface area (Å²) < 4.78 is 0. The molecule has 0 aromatic carbocycles. The number of nitrogens with zero attached hydrogens (tertiary/aromatic N) is 3. The van der Waals surface area contributed by atoms with Crippen LogP contribution in [0.3, 0.4) is 0 Å². The second-order valence-electron chi connectivity index (χ2n) is 5.21. The molecule has 108 valence electrons. The average Bonchev–Trinajstić information content (AvgIpc) is 2.86. The zero-order valence-electron chi connectivity index (χ0n) is 11.4. The van der Waals surface area contributed by atoms with E-state index in [-0.39, 0.29) is 22.7 Å². The van der Waals surface area contributed by atoms with Crippen LogP contribution < -0.4 is 0 Å². The van der Waals surface area contributed by atoms with Gasteiger partial charge in [-0.3, -0.25) is 14.9 Å². The van der Waals surface area contributed by atoms with Gasteiger partial charge in [-0.2, -0.15) is 0 Å². The number of amides is 1. The van der Waals surface area contributed by atoms with Crippen molar-refractivity contribution in [1.29, 1.82) is 0 Å². The molecule has 1 aliphatic rings. The van der Waals surface area contributed by atoms with Crippen LogP contribution in [0.1, 0.15) is 37.0 Å². The van der Waals surface area contributed by atoms with Gasteiger partial charge in [0, 0.05) is 18.8 Å². The Morgan fingerprint density at radius 1 is 1.60 bits per heavy atom. The predicted molar refractivity (Wildman–Crippen MR) is 74.8 cm³/mol. The number of nitro groups is 1. The Bertz CT molecular complexity index is 548. The van der Waals surface area contributed by atoms with E-state index in [0.717, 1.165) is 12.8 Å². The van der Waals surface area contributed by atoms with Gasteiger partial charge < -0.3 is 4.90 Å². The van der Waals surface area contributed by atoms with Crippen LogP contribution in [0, 0.1) is 16.0 Å². The van der Waals surface area contributed by atoms with Gasteiger partial charge >= 0.3 is 5.69 Å². The zero-order chi connectivity index (χ0) is 14.9. The molecular formula is C13H16ClN3O3. The molecule has 0 radical (unpaired) electrons. The molecule has 0 bridgehead atoms. The van der Waals surface area contributed by atoms with E-state index >= 15 is 0 Å². The summed E-state index contributed by atoms with van der Waals surface area (Å²) in [5, 5.41) is 10.8. The number of pyridine rings is 1. The van der Waals surface area contributed by atoms with E-state index in [2.05, 4.69) is 4.98 Å². The third-order valence-corrected chi connectivity index (χ3v) is 3.90. The molecule has 0 aliphatic carbocycles. The summed E-state index contributed by atoms with van der Waals surface area (Å²) in [6.07, 6.45) is 3.17. The highest BCUT2D eigenvalue weighted by atomic mass is 35.5. The minimum atomic E-state index is -0.650. The summed E-state index contributed by atoms with van der Waals surface area (Å²) in [6, 6.07) is 1.48. The number of likely N-dealkylation sites (tertiary alicyclic amines) is 1. The second-order valence-corrected chi connectivity index (χ2v) is 5.57. The molecule has 20 heavy (non-hydrogen) atoms. The van der Waals surface area contributed by atoms with Crippen LogP contribution in [0.2, 0.25) is 5.15 Å². The van der Waals surface area contributed by atoms with E-state index in [9.17, 15) is 14.9 Å². The Morgan fingerprint density at radius 2 is 2.30 bits per heavy atom. The number of hydrogen-bond donors (Lipinski definition) is 0. The Hall–Kier alpha value is -1.69. The van der Waals surface area contributed by atoms with Gasteiger partial charge in [-0.05, 0) is 24.8 Å². The first-order valence-corrected chi connectivity index (χ1v) is 6.91. The summed E-state index contributed by atoms with van der Waals surface area (Å²) in [5.41, 5.74) is -0.392. The van der Waals surface area contributed by atoms with Crippen LogP contribution in [0.25, 0.3) is 0 Å². The van der Waals surface area contributed by atoms with Crippen LogP contribution >= 0.6 is 11.6 Å². The third-order valence-electron chi connectivity index (χ3n) is 3.62. The number of hydrogen-bond acceptors (Lipinski definition) is 4. The normalized spacial score (nSPS) is 18.6. The summed E-state index contributed by atoms with van der Waals surface area (Å²) >= 11 is 5.75. The molecule has 1 unspecified atom stereocenters. The maximum absolute atomic E-state index is 12.6. The van der Waals surface area contributed by atoms with Crippen LogP contribution in [0.5, 0.6) is 0 Å². The molecule has 0 saturated carbocycles. The molecular weight excluding hydrogens is 282 g/mol. The van der Waals surface area contributed by atoms with Crippen molar-refractivity contribution in [3.05, 3.63) is 33.1 Å². The summed E-state index contributed by atoms with van der Waals surface area (Å²) in [5.74, 6) is -0.0185. The molecule has 1 aromatic rings. The number of carbonyl (C=O) groups excluding carboxylic acids is 1. The third kappa shape index (κ3) is 2.60. The molecule has 2 rings (SSSR count). The summed E-state index contributed by atoms with van der Waals surface area (Å²) in [7, 11) is 0. The highest BCUT2D eigenvalue weighted by molar-refractivity contribution is 6.32. The van der Waals surface area contributed by atoms with Crippen LogP contribution in [-0.2, 0) is 0 Å². The van der Waals surface area contributed by atoms with Crippen molar-refractivity contribution in [2.75, 3.05) is 6.54 Å². The maximum atomic E-state index is 12.6. The zero-order valence-corrected chi connectivity index (χ0v) is 12.1. The van der Waals surface area contributed by atoms with Gasteiger partial charge in [0.05, 0.1) is 4.92 Å². The first-order valence-electron chi connectivity index (χ1n) is 6.53. The largest absolute Gasteiger partial charge is 0.335 e. The van der Waals surface area contributed by atoms with Gasteiger partial charge in [-0.25, -0.2) is 4.98 Å². The molecule has 6 nitrogen and oxygen atoms in total. The van der Waals surface area contributed by atoms with E-state index in [4.69, 9.17) is 11.6 Å². The van der Waals surface area contributed by atoms with Crippen molar-refractivity contribution in [3.8, 4) is 0 Å². The Kier molecular flexibility index (Phi) is 4.23. The van der Waals surface area contributed by atoms with Crippen LogP contribution in [0.4, 0.5) is 5.69 Å². The lowest BCUT2D eigenvalue weighted by Crippen LogP contribution is -2.38. The lowest BCUT2D eigenvalue weighted by atomic mass is 10.0. The number of halogens is 1. The van der Waals surface area contributed by atoms with Crippen LogP contribution in [-0.4, -0.2) is 33.3 Å². The number of rotatable bonds is 3. The Balaban J connectivity index is 2.39. The highest BCUT2D eigenvalue weighted by Gasteiger charge is 2.35. The SMILES string of the molecule is CC(C)C1CCCN1C(=O)c1ccnc(Cl)c1[N+](=O)[O-]. The fraction of sp³-hybridized carbons (Fsp3) is 0.538. The molecule has 7 heteroatoms. The fourth-order valence-electron chi connectivity index (χ4n) is 2.67. The monoisotopic (exact) mass is 297 g/mol. The summed E-state index contributed by atoms with van der Waals surface area (Å²) in [6.45, 7) is 4.72. The van der Waals surface area contributed by atoms with Gasteiger partial charge in [0.15, 0.2) is 0 Å². The first-order chi connectivity index (χ1) is 9.43. The van der Waals surface area contributed by atoms with E-state index in [1.807, 2.05) is 13.8 Å². The van der Waals surface area contributed by atoms with Crippen LogP contribution in [0.15, 0.2) is 12.3 Å². The van der Waals surface area contributed by atoms with Crippen molar-refractivity contribution in [1.82, 2.24) is 9.88 Å². The Morgan fingerprint density at radius 3 is 2.90 bits per heavy atom. The summed E-state index contributed by atoms with van der Waals surface area (Å²) in [4.78, 5) is 28.4. The van der Waals surface area contributed by atoms with Gasteiger partial charge in [0.2, 0.25) is 5.15 Å². The van der Waals surface area contributed by atoms with Gasteiger partial charge in [0.25, 0.3) is 5.91 Å². The van der Waals surface area contributed by atoms with Crippen molar-refractivity contribution >= 4 is 23.2 Å². The topological polar surface area (TPSA) is 76.3 Å². The van der Waals surface area contributed by atoms with Gasteiger partial charge in [-0.1, -0.05) is 25.4 Å². The molecule has 1 aliphatic heterocycles. The first kappa shape index (κ1) is 14.7.